The molecule has 5 heteroatoms. The van der Waals surface area contributed by atoms with Crippen molar-refractivity contribution in [2.75, 3.05) is 18.9 Å². The number of anilines is 1. The van der Waals surface area contributed by atoms with E-state index in [0.29, 0.717) is 5.69 Å². The molecule has 0 spiro atoms. The Labute approximate surface area is 84.3 Å². The quantitative estimate of drug-likeness (QED) is 0.391. The van der Waals surface area contributed by atoms with E-state index in [1.807, 2.05) is 13.9 Å². The molecule has 1 rings (SSSR count). The fraction of sp³-hybridized carbons (Fsp3) is 0.333. The van der Waals surface area contributed by atoms with Crippen molar-refractivity contribution in [1.82, 2.24) is 0 Å². The highest BCUT2D eigenvalue weighted by Crippen LogP contribution is 2.09. The van der Waals surface area contributed by atoms with Gasteiger partial charge in [0.2, 0.25) is 0 Å². The first-order valence-electron chi connectivity index (χ1n) is 4.50. The summed E-state index contributed by atoms with van der Waals surface area (Å²) < 4.78 is 5.36. The van der Waals surface area contributed by atoms with Crippen LogP contribution in [0.1, 0.15) is 0 Å². The van der Waals surface area contributed by atoms with Gasteiger partial charge in [0, 0.05) is 12.2 Å². The second-order valence-electron chi connectivity index (χ2n) is 3.23. The summed E-state index contributed by atoms with van der Waals surface area (Å²) in [5.41, 5.74) is 12.5. The lowest BCUT2D eigenvalue weighted by Gasteiger charge is -2.12. The van der Waals surface area contributed by atoms with Gasteiger partial charge in [-0.25, -0.2) is 0 Å². The zero-order valence-electron chi connectivity index (χ0n) is 8.23. The molecule has 5 N–H and O–H groups in total. The van der Waals surface area contributed by atoms with Crippen LogP contribution in [-0.4, -0.2) is 32.2 Å². The molecule has 1 unspecified atom stereocenters. The molecule has 0 amide bonds. The maximum absolute atomic E-state index is 9.19. The van der Waals surface area contributed by atoms with Crippen LogP contribution in [0.15, 0.2) is 18.2 Å². The number of ether oxygens (including phenoxy) is 1. The number of hydrogen-bond donors (Lipinski definition) is 3. The summed E-state index contributed by atoms with van der Waals surface area (Å²) >= 11 is 0. The molecule has 1 aromatic rings. The maximum Gasteiger partial charge on any atom is 0.144 e. The van der Waals surface area contributed by atoms with Crippen molar-refractivity contribution >= 4 is 19.0 Å². The molecule has 1 atom stereocenters. The van der Waals surface area contributed by atoms with Crippen LogP contribution in [0.2, 0.25) is 0 Å². The van der Waals surface area contributed by atoms with Gasteiger partial charge in [-0.1, -0.05) is 0 Å². The third-order valence-corrected chi connectivity index (χ3v) is 1.90. The molecule has 0 saturated heterocycles. The summed E-state index contributed by atoms with van der Waals surface area (Å²) in [6, 6.07) is 5.37. The summed E-state index contributed by atoms with van der Waals surface area (Å²) in [5, 5.41) is 9.19. The predicted octanol–water partition coefficient (Wildman–Crippen LogP) is -1.77. The number of aliphatic hydroxyl groups is 1. The summed E-state index contributed by atoms with van der Waals surface area (Å²) in [5.74, 6) is 0.728. The lowest BCUT2D eigenvalue weighted by Crippen LogP contribution is -2.27. The average molecular weight is 194 g/mol. The fourth-order valence-electron chi connectivity index (χ4n) is 1.09. The minimum Gasteiger partial charge on any atom is -0.491 e. The Kier molecular flexibility index (Phi) is 3.79. The maximum atomic E-state index is 9.19. The highest BCUT2D eigenvalue weighted by atomic mass is 16.5. The number of nitrogen functional groups attached to an aromatic ring is 1. The first kappa shape index (κ1) is 10.9. The standard InChI is InChI=1S/C9H15BN2O2/c10-8-3-6(12)1-2-9(8)14-5-7(13)4-11/h1-3,7,13H,4-5,10-12H2. The molecule has 0 heterocycles. The summed E-state index contributed by atoms with van der Waals surface area (Å²) in [4.78, 5) is 0. The Bertz CT molecular complexity index is 307. The lowest BCUT2D eigenvalue weighted by molar-refractivity contribution is 0.115. The van der Waals surface area contributed by atoms with Gasteiger partial charge >= 0.3 is 0 Å². The van der Waals surface area contributed by atoms with Gasteiger partial charge in [0.15, 0.2) is 0 Å². The molecule has 0 aliphatic rings. The van der Waals surface area contributed by atoms with E-state index in [1.54, 1.807) is 12.1 Å². The molecule has 76 valence electrons. The molecular weight excluding hydrogens is 179 g/mol. The Hall–Kier alpha value is -1.20. The monoisotopic (exact) mass is 194 g/mol. The van der Waals surface area contributed by atoms with Gasteiger partial charge in [-0.3, -0.25) is 0 Å². The molecule has 0 bridgehead atoms. The van der Waals surface area contributed by atoms with Crippen LogP contribution >= 0.6 is 0 Å². The van der Waals surface area contributed by atoms with Gasteiger partial charge in [0.05, 0.1) is 0 Å². The second-order valence-corrected chi connectivity index (χ2v) is 3.23. The van der Waals surface area contributed by atoms with Crippen molar-refractivity contribution in [2.45, 2.75) is 6.10 Å². The first-order chi connectivity index (χ1) is 6.63. The minimum absolute atomic E-state index is 0.202. The van der Waals surface area contributed by atoms with E-state index in [9.17, 15) is 5.11 Å². The van der Waals surface area contributed by atoms with Crippen LogP contribution in [0.5, 0.6) is 5.75 Å². The van der Waals surface area contributed by atoms with Gasteiger partial charge < -0.3 is 21.3 Å². The molecule has 0 aromatic heterocycles. The van der Waals surface area contributed by atoms with E-state index in [-0.39, 0.29) is 13.2 Å². The summed E-state index contributed by atoms with van der Waals surface area (Å²) in [7, 11) is 1.90. The molecule has 0 radical (unpaired) electrons. The lowest BCUT2D eigenvalue weighted by atomic mass is 9.94. The normalized spacial score (nSPS) is 12.4. The van der Waals surface area contributed by atoms with Crippen LogP contribution in [0.25, 0.3) is 0 Å². The van der Waals surface area contributed by atoms with Crippen LogP contribution in [0.4, 0.5) is 5.69 Å². The van der Waals surface area contributed by atoms with Crippen molar-refractivity contribution in [1.29, 1.82) is 0 Å². The Balaban J connectivity index is 2.59. The number of rotatable bonds is 4. The molecule has 0 aliphatic heterocycles. The van der Waals surface area contributed by atoms with Crippen molar-refractivity contribution in [2.24, 2.45) is 5.73 Å². The molecule has 4 nitrogen and oxygen atoms in total. The topological polar surface area (TPSA) is 81.5 Å². The zero-order valence-corrected chi connectivity index (χ0v) is 8.23. The third kappa shape index (κ3) is 2.94. The van der Waals surface area contributed by atoms with Crippen molar-refractivity contribution in [3.8, 4) is 5.75 Å². The Morgan fingerprint density at radius 3 is 2.79 bits per heavy atom. The smallest absolute Gasteiger partial charge is 0.144 e. The molecule has 0 saturated carbocycles. The van der Waals surface area contributed by atoms with Gasteiger partial charge in [-0.15, -0.1) is 0 Å². The fourth-order valence-corrected chi connectivity index (χ4v) is 1.09. The van der Waals surface area contributed by atoms with E-state index < -0.39 is 6.10 Å². The summed E-state index contributed by atoms with van der Waals surface area (Å²) in [6.07, 6.45) is -0.619. The highest BCUT2D eigenvalue weighted by molar-refractivity contribution is 6.34. The SMILES string of the molecule is Bc1cc(N)ccc1OCC(O)CN. The van der Waals surface area contributed by atoms with Crippen molar-refractivity contribution in [3.63, 3.8) is 0 Å². The van der Waals surface area contributed by atoms with Crippen LogP contribution in [-0.2, 0) is 0 Å². The van der Waals surface area contributed by atoms with E-state index in [1.165, 1.54) is 0 Å². The van der Waals surface area contributed by atoms with Gasteiger partial charge in [0.1, 0.15) is 26.3 Å². The van der Waals surface area contributed by atoms with E-state index in [0.717, 1.165) is 11.2 Å². The molecule has 0 aliphatic carbocycles. The van der Waals surface area contributed by atoms with Crippen LogP contribution in [0, 0.1) is 0 Å². The van der Waals surface area contributed by atoms with Gasteiger partial charge in [0.25, 0.3) is 0 Å². The predicted molar refractivity (Wildman–Crippen MR) is 59.6 cm³/mol. The Morgan fingerprint density at radius 2 is 2.21 bits per heavy atom. The van der Waals surface area contributed by atoms with Crippen LogP contribution < -0.4 is 21.7 Å². The number of hydrogen-bond acceptors (Lipinski definition) is 4. The first-order valence-corrected chi connectivity index (χ1v) is 4.50. The number of nitrogens with two attached hydrogens (primary N) is 2. The minimum atomic E-state index is -0.619. The molecule has 0 fully saturated rings. The number of aliphatic hydroxyl groups excluding tert-OH is 1. The summed E-state index contributed by atoms with van der Waals surface area (Å²) in [6.45, 7) is 0.412. The highest BCUT2D eigenvalue weighted by Gasteiger charge is 2.04. The largest absolute Gasteiger partial charge is 0.491 e. The molecular formula is C9H15BN2O2. The second kappa shape index (κ2) is 4.88. The average Bonchev–Trinajstić information content (AvgIpc) is 2.16. The molecule has 1 aromatic carbocycles. The van der Waals surface area contributed by atoms with Crippen molar-refractivity contribution in [3.05, 3.63) is 18.2 Å². The van der Waals surface area contributed by atoms with Crippen molar-refractivity contribution < 1.29 is 9.84 Å². The van der Waals surface area contributed by atoms with Gasteiger partial charge in [-0.05, 0) is 23.7 Å². The number of benzene rings is 1. The van der Waals surface area contributed by atoms with E-state index >= 15 is 0 Å². The molecule has 14 heavy (non-hydrogen) atoms. The van der Waals surface area contributed by atoms with Crippen LogP contribution in [0.3, 0.4) is 0 Å². The van der Waals surface area contributed by atoms with Gasteiger partial charge in [-0.2, -0.15) is 0 Å². The Morgan fingerprint density at radius 1 is 1.50 bits per heavy atom. The van der Waals surface area contributed by atoms with E-state index in [4.69, 9.17) is 16.2 Å². The third-order valence-electron chi connectivity index (χ3n) is 1.90. The zero-order chi connectivity index (χ0) is 10.6. The van der Waals surface area contributed by atoms with E-state index in [2.05, 4.69) is 0 Å².